The molecule has 0 spiro atoms. The number of hydrogen-bond donors (Lipinski definition) is 2. The number of amides is 1. The van der Waals surface area contributed by atoms with Gasteiger partial charge in [-0.3, -0.25) is 0 Å². The number of aromatic nitrogens is 3. The van der Waals surface area contributed by atoms with Gasteiger partial charge in [-0.1, -0.05) is 0 Å². The lowest BCUT2D eigenvalue weighted by Gasteiger charge is -2.19. The van der Waals surface area contributed by atoms with Gasteiger partial charge in [-0.2, -0.15) is 5.10 Å². The molecule has 0 radical (unpaired) electrons. The molecule has 1 amide bonds. The van der Waals surface area contributed by atoms with Gasteiger partial charge in [0, 0.05) is 43.7 Å². The van der Waals surface area contributed by atoms with Crippen LogP contribution in [0.1, 0.15) is 32.0 Å². The molecule has 0 fully saturated rings. The van der Waals surface area contributed by atoms with Crippen LogP contribution in [0.3, 0.4) is 0 Å². The van der Waals surface area contributed by atoms with Gasteiger partial charge in [0.15, 0.2) is 5.65 Å². The zero-order chi connectivity index (χ0) is 16.2. The number of hydrogen-bond acceptors (Lipinski definition) is 5. The number of nitrogens with one attached hydrogen (secondary N) is 2. The second kappa shape index (κ2) is 6.74. The highest BCUT2D eigenvalue weighted by Gasteiger charge is 2.15. The van der Waals surface area contributed by atoms with Gasteiger partial charge < -0.3 is 15.4 Å². The third-order valence-electron chi connectivity index (χ3n) is 2.79. The molecule has 22 heavy (non-hydrogen) atoms. The molecule has 0 saturated heterocycles. The Hall–Kier alpha value is -2.15. The van der Waals surface area contributed by atoms with Gasteiger partial charge in [0.25, 0.3) is 0 Å². The standard InChI is InChI=1S/C15H23N5O2/c1-11-7-13-18-9-12(10-20(13)19-11)8-16-5-6-17-14(21)22-15(2,3)4/h7,9-10,16H,5-6,8H2,1-4H3,(H,17,21). The van der Waals surface area contributed by atoms with Crippen LogP contribution < -0.4 is 10.6 Å². The smallest absolute Gasteiger partial charge is 0.407 e. The van der Waals surface area contributed by atoms with Crippen molar-refractivity contribution in [2.75, 3.05) is 13.1 Å². The number of aryl methyl sites for hydroxylation is 1. The second-order valence-corrected chi connectivity index (χ2v) is 6.16. The lowest BCUT2D eigenvalue weighted by atomic mass is 10.2. The normalized spacial score (nSPS) is 11.6. The fourth-order valence-electron chi connectivity index (χ4n) is 1.93. The van der Waals surface area contributed by atoms with E-state index in [1.807, 2.05) is 46.2 Å². The molecule has 0 unspecified atom stereocenters. The summed E-state index contributed by atoms with van der Waals surface area (Å²) in [5.74, 6) is 0. The lowest BCUT2D eigenvalue weighted by molar-refractivity contribution is 0.0528. The Morgan fingerprint density at radius 3 is 2.86 bits per heavy atom. The molecule has 0 saturated carbocycles. The summed E-state index contributed by atoms with van der Waals surface area (Å²) < 4.78 is 6.92. The molecule has 7 heteroatoms. The molecule has 120 valence electrons. The molecule has 0 aliphatic rings. The van der Waals surface area contributed by atoms with E-state index in [1.54, 1.807) is 4.52 Å². The highest BCUT2D eigenvalue weighted by molar-refractivity contribution is 5.67. The summed E-state index contributed by atoms with van der Waals surface area (Å²) in [7, 11) is 0. The minimum Gasteiger partial charge on any atom is -0.444 e. The molecule has 2 N–H and O–H groups in total. The monoisotopic (exact) mass is 305 g/mol. The molecular formula is C15H23N5O2. The molecule has 2 rings (SSSR count). The highest BCUT2D eigenvalue weighted by Crippen LogP contribution is 2.06. The average Bonchev–Trinajstić information content (AvgIpc) is 2.75. The molecule has 0 aromatic carbocycles. The summed E-state index contributed by atoms with van der Waals surface area (Å²) >= 11 is 0. The molecule has 2 aromatic heterocycles. The molecule has 7 nitrogen and oxygen atoms in total. The van der Waals surface area contributed by atoms with Crippen LogP contribution in [0, 0.1) is 6.92 Å². The van der Waals surface area contributed by atoms with Gasteiger partial charge >= 0.3 is 6.09 Å². The van der Waals surface area contributed by atoms with Gasteiger partial charge in [-0.25, -0.2) is 14.3 Å². The molecule has 2 heterocycles. The fourth-order valence-corrected chi connectivity index (χ4v) is 1.93. The van der Waals surface area contributed by atoms with E-state index < -0.39 is 11.7 Å². The Balaban J connectivity index is 1.70. The first-order chi connectivity index (χ1) is 10.3. The third kappa shape index (κ3) is 5.00. The van der Waals surface area contributed by atoms with Crippen LogP contribution in [0.2, 0.25) is 0 Å². The fraction of sp³-hybridized carbons (Fsp3) is 0.533. The number of carbonyl (C=O) groups excluding carboxylic acids is 1. The van der Waals surface area contributed by atoms with Crippen LogP contribution in [0.15, 0.2) is 18.5 Å². The van der Waals surface area contributed by atoms with Crippen molar-refractivity contribution < 1.29 is 9.53 Å². The summed E-state index contributed by atoms with van der Waals surface area (Å²) in [6.07, 6.45) is 3.37. The summed E-state index contributed by atoms with van der Waals surface area (Å²) in [5.41, 5.74) is 2.35. The number of ether oxygens (including phenoxy) is 1. The Morgan fingerprint density at radius 1 is 1.36 bits per heavy atom. The van der Waals surface area contributed by atoms with Crippen molar-refractivity contribution in [2.45, 2.75) is 39.8 Å². The van der Waals surface area contributed by atoms with E-state index >= 15 is 0 Å². The SMILES string of the molecule is Cc1cc2ncc(CNCCNC(=O)OC(C)(C)C)cn2n1. The Kier molecular flexibility index (Phi) is 4.97. The van der Waals surface area contributed by atoms with Crippen molar-refractivity contribution in [1.29, 1.82) is 0 Å². The van der Waals surface area contributed by atoms with E-state index in [4.69, 9.17) is 4.74 Å². The van der Waals surface area contributed by atoms with Crippen molar-refractivity contribution >= 4 is 11.7 Å². The highest BCUT2D eigenvalue weighted by atomic mass is 16.6. The van der Waals surface area contributed by atoms with Crippen LogP contribution in [0.5, 0.6) is 0 Å². The van der Waals surface area contributed by atoms with Gasteiger partial charge in [0.1, 0.15) is 5.60 Å². The van der Waals surface area contributed by atoms with E-state index in [9.17, 15) is 4.79 Å². The zero-order valence-electron chi connectivity index (χ0n) is 13.5. The van der Waals surface area contributed by atoms with Crippen molar-refractivity contribution in [2.24, 2.45) is 0 Å². The van der Waals surface area contributed by atoms with E-state index in [0.29, 0.717) is 19.6 Å². The third-order valence-corrected chi connectivity index (χ3v) is 2.79. The van der Waals surface area contributed by atoms with Crippen molar-refractivity contribution in [3.63, 3.8) is 0 Å². The van der Waals surface area contributed by atoms with Gasteiger partial charge in [-0.05, 0) is 27.7 Å². The minimum atomic E-state index is -0.472. The van der Waals surface area contributed by atoms with E-state index in [1.165, 1.54) is 0 Å². The van der Waals surface area contributed by atoms with Crippen molar-refractivity contribution in [3.05, 3.63) is 29.7 Å². The van der Waals surface area contributed by atoms with Crippen LogP contribution >= 0.6 is 0 Å². The number of rotatable bonds is 5. The van der Waals surface area contributed by atoms with Crippen LogP contribution in [-0.2, 0) is 11.3 Å². The maximum Gasteiger partial charge on any atom is 0.407 e. The summed E-state index contributed by atoms with van der Waals surface area (Å²) in [6, 6.07) is 1.93. The van der Waals surface area contributed by atoms with E-state index in [0.717, 1.165) is 16.9 Å². The number of alkyl carbamates (subject to hydrolysis) is 1. The quantitative estimate of drug-likeness (QED) is 0.821. The van der Waals surface area contributed by atoms with Crippen LogP contribution in [0.25, 0.3) is 5.65 Å². The zero-order valence-corrected chi connectivity index (χ0v) is 13.5. The second-order valence-electron chi connectivity index (χ2n) is 6.16. The Bertz CT molecular complexity index is 645. The molecule has 0 aliphatic carbocycles. The Morgan fingerprint density at radius 2 is 2.14 bits per heavy atom. The Labute approximate surface area is 130 Å². The predicted molar refractivity (Wildman–Crippen MR) is 83.7 cm³/mol. The summed E-state index contributed by atoms with van der Waals surface area (Å²) in [5, 5.41) is 10.3. The van der Waals surface area contributed by atoms with E-state index in [-0.39, 0.29) is 0 Å². The largest absolute Gasteiger partial charge is 0.444 e. The van der Waals surface area contributed by atoms with Crippen molar-refractivity contribution in [1.82, 2.24) is 25.2 Å². The maximum absolute atomic E-state index is 11.5. The van der Waals surface area contributed by atoms with Crippen LogP contribution in [0.4, 0.5) is 4.79 Å². The molecule has 0 aliphatic heterocycles. The summed E-state index contributed by atoms with van der Waals surface area (Å²) in [4.78, 5) is 15.8. The average molecular weight is 305 g/mol. The first-order valence-corrected chi connectivity index (χ1v) is 7.32. The maximum atomic E-state index is 11.5. The first kappa shape index (κ1) is 16.2. The molecule has 0 bridgehead atoms. The predicted octanol–water partition coefficient (Wildman–Crippen LogP) is 1.65. The molecule has 2 aromatic rings. The van der Waals surface area contributed by atoms with Gasteiger partial charge in [-0.15, -0.1) is 0 Å². The topological polar surface area (TPSA) is 80.5 Å². The lowest BCUT2D eigenvalue weighted by Crippen LogP contribution is -2.36. The number of fused-ring (bicyclic) bond motifs is 1. The van der Waals surface area contributed by atoms with Gasteiger partial charge in [0.05, 0.1) is 5.69 Å². The molecule has 0 atom stereocenters. The molecular weight excluding hydrogens is 282 g/mol. The first-order valence-electron chi connectivity index (χ1n) is 7.32. The number of carbonyl (C=O) groups is 1. The summed E-state index contributed by atoms with van der Waals surface area (Å²) in [6.45, 7) is 9.27. The minimum absolute atomic E-state index is 0.399. The van der Waals surface area contributed by atoms with Crippen molar-refractivity contribution in [3.8, 4) is 0 Å². The van der Waals surface area contributed by atoms with Gasteiger partial charge in [0.2, 0.25) is 0 Å². The van der Waals surface area contributed by atoms with Crippen LogP contribution in [-0.4, -0.2) is 39.4 Å². The van der Waals surface area contributed by atoms with E-state index in [2.05, 4.69) is 20.7 Å². The number of nitrogens with zero attached hydrogens (tertiary/aromatic N) is 3.